The zero-order valence-electron chi connectivity index (χ0n) is 12.0. The molecule has 0 spiro atoms. The Kier molecular flexibility index (Phi) is 4.59. The monoisotopic (exact) mass is 328 g/mol. The van der Waals surface area contributed by atoms with Gasteiger partial charge in [0.1, 0.15) is 0 Å². The number of carbonyl (C=O) groups excluding carboxylic acids is 1. The molecule has 23 heavy (non-hydrogen) atoms. The molecule has 6 heteroatoms. The third-order valence-corrected chi connectivity index (χ3v) is 3.30. The van der Waals surface area contributed by atoms with Crippen molar-refractivity contribution in [2.24, 2.45) is 5.10 Å². The van der Waals surface area contributed by atoms with Crippen LogP contribution in [0.5, 0.6) is 11.5 Å². The number of amides is 1. The summed E-state index contributed by atoms with van der Waals surface area (Å²) in [6.45, 7) is 0.165. The van der Waals surface area contributed by atoms with E-state index in [1.165, 1.54) is 6.21 Å². The lowest BCUT2D eigenvalue weighted by Crippen LogP contribution is -2.17. The van der Waals surface area contributed by atoms with Crippen LogP contribution >= 0.6 is 11.6 Å². The second-order valence-electron chi connectivity index (χ2n) is 4.71. The summed E-state index contributed by atoms with van der Waals surface area (Å²) < 4.78 is 10.4. The van der Waals surface area contributed by atoms with Crippen LogP contribution in [0, 0.1) is 0 Å². The average molecular weight is 329 g/mol. The number of hydrogen-bond donors (Lipinski definition) is 1. The Labute approximate surface area is 138 Å². The van der Waals surface area contributed by atoms with Crippen molar-refractivity contribution in [3.8, 4) is 11.5 Å². The molecule has 1 aliphatic heterocycles. The standard InChI is InChI=1S/C17H13ClN2O3/c18-14(8-12-4-2-1-3-5-12)10-19-20-17(21)13-6-7-15-16(9-13)23-11-22-15/h1-10H,11H2,(H,20,21)/b14-8+,19-10+. The maximum atomic E-state index is 12.0. The SMILES string of the molecule is O=C(N/N=C/C(Cl)=C\c1ccccc1)c1ccc2c(c1)OCO2. The Morgan fingerprint density at radius 1 is 1.13 bits per heavy atom. The molecule has 0 unspecified atom stereocenters. The third kappa shape index (κ3) is 3.90. The maximum Gasteiger partial charge on any atom is 0.271 e. The van der Waals surface area contributed by atoms with E-state index in [0.717, 1.165) is 5.56 Å². The van der Waals surface area contributed by atoms with Crippen LogP contribution in [-0.4, -0.2) is 18.9 Å². The number of allylic oxidation sites excluding steroid dienone is 1. The second kappa shape index (κ2) is 6.98. The number of halogens is 1. The van der Waals surface area contributed by atoms with Gasteiger partial charge in [0.2, 0.25) is 6.79 Å². The Morgan fingerprint density at radius 2 is 1.91 bits per heavy atom. The molecule has 0 bridgehead atoms. The lowest BCUT2D eigenvalue weighted by molar-refractivity contribution is 0.0954. The summed E-state index contributed by atoms with van der Waals surface area (Å²) in [5.41, 5.74) is 3.79. The summed E-state index contributed by atoms with van der Waals surface area (Å²) in [5, 5.41) is 4.25. The minimum Gasteiger partial charge on any atom is -0.454 e. The number of carbonyl (C=O) groups is 1. The van der Waals surface area contributed by atoms with Crippen molar-refractivity contribution in [1.82, 2.24) is 5.43 Å². The first-order chi connectivity index (χ1) is 11.2. The number of nitrogens with one attached hydrogen (secondary N) is 1. The first kappa shape index (κ1) is 15.1. The highest BCUT2D eigenvalue weighted by atomic mass is 35.5. The quantitative estimate of drug-likeness (QED) is 0.691. The topological polar surface area (TPSA) is 59.9 Å². The molecule has 0 aliphatic carbocycles. The Bertz CT molecular complexity index is 773. The average Bonchev–Trinajstić information content (AvgIpc) is 3.03. The van der Waals surface area contributed by atoms with Crippen molar-refractivity contribution in [3.63, 3.8) is 0 Å². The first-order valence-electron chi connectivity index (χ1n) is 6.88. The highest BCUT2D eigenvalue weighted by Crippen LogP contribution is 2.32. The molecular formula is C17H13ClN2O3. The molecule has 2 aromatic rings. The van der Waals surface area contributed by atoms with Crippen molar-refractivity contribution in [2.45, 2.75) is 0 Å². The molecule has 0 atom stereocenters. The van der Waals surface area contributed by atoms with Gasteiger partial charge in [-0.2, -0.15) is 5.10 Å². The molecule has 1 heterocycles. The van der Waals surface area contributed by atoms with Gasteiger partial charge in [-0.1, -0.05) is 41.9 Å². The van der Waals surface area contributed by atoms with Gasteiger partial charge < -0.3 is 9.47 Å². The van der Waals surface area contributed by atoms with Crippen LogP contribution in [0.15, 0.2) is 58.7 Å². The summed E-state index contributed by atoms with van der Waals surface area (Å²) >= 11 is 6.05. The number of ether oxygens (including phenoxy) is 2. The zero-order valence-corrected chi connectivity index (χ0v) is 12.8. The van der Waals surface area contributed by atoms with Crippen LogP contribution in [0.4, 0.5) is 0 Å². The van der Waals surface area contributed by atoms with Crippen molar-refractivity contribution < 1.29 is 14.3 Å². The van der Waals surface area contributed by atoms with Crippen LogP contribution in [0.3, 0.4) is 0 Å². The van der Waals surface area contributed by atoms with Crippen LogP contribution < -0.4 is 14.9 Å². The molecule has 0 aromatic heterocycles. The van der Waals surface area contributed by atoms with E-state index in [9.17, 15) is 4.79 Å². The molecule has 0 radical (unpaired) electrons. The van der Waals surface area contributed by atoms with E-state index in [1.54, 1.807) is 24.3 Å². The fraction of sp³-hybridized carbons (Fsp3) is 0.0588. The predicted molar refractivity (Wildman–Crippen MR) is 88.8 cm³/mol. The fourth-order valence-electron chi connectivity index (χ4n) is 2.00. The van der Waals surface area contributed by atoms with Crippen LogP contribution in [-0.2, 0) is 0 Å². The number of nitrogens with zero attached hydrogens (tertiary/aromatic N) is 1. The summed E-state index contributed by atoms with van der Waals surface area (Å²) in [4.78, 5) is 12.0. The van der Waals surface area contributed by atoms with E-state index in [2.05, 4.69) is 10.5 Å². The van der Waals surface area contributed by atoms with E-state index in [1.807, 2.05) is 30.3 Å². The summed E-state index contributed by atoms with van der Waals surface area (Å²) in [5.74, 6) is 0.811. The number of hydrogen-bond acceptors (Lipinski definition) is 4. The Hall–Kier alpha value is -2.79. The minimum absolute atomic E-state index is 0.165. The minimum atomic E-state index is -0.358. The highest BCUT2D eigenvalue weighted by Gasteiger charge is 2.15. The molecule has 1 N–H and O–H groups in total. The Balaban J connectivity index is 1.61. The van der Waals surface area contributed by atoms with Crippen molar-refractivity contribution in [1.29, 1.82) is 0 Å². The molecular weight excluding hydrogens is 316 g/mol. The molecule has 5 nitrogen and oxygen atoms in total. The summed E-state index contributed by atoms with van der Waals surface area (Å²) in [6, 6.07) is 14.5. The lowest BCUT2D eigenvalue weighted by Gasteiger charge is -2.01. The van der Waals surface area contributed by atoms with Crippen LogP contribution in [0.25, 0.3) is 6.08 Å². The van der Waals surface area contributed by atoms with Crippen LogP contribution in [0.1, 0.15) is 15.9 Å². The van der Waals surface area contributed by atoms with E-state index in [4.69, 9.17) is 21.1 Å². The van der Waals surface area contributed by atoms with E-state index >= 15 is 0 Å². The van der Waals surface area contributed by atoms with Gasteiger partial charge in [-0.25, -0.2) is 5.43 Å². The van der Waals surface area contributed by atoms with Gasteiger partial charge >= 0.3 is 0 Å². The molecule has 3 rings (SSSR count). The number of benzene rings is 2. The van der Waals surface area contributed by atoms with Gasteiger partial charge in [-0.05, 0) is 29.8 Å². The molecule has 0 saturated carbocycles. The first-order valence-corrected chi connectivity index (χ1v) is 7.25. The van der Waals surface area contributed by atoms with Crippen LogP contribution in [0.2, 0.25) is 0 Å². The normalized spacial score (nSPS) is 13.3. The molecule has 1 aliphatic rings. The van der Waals surface area contributed by atoms with Crippen molar-refractivity contribution >= 4 is 29.8 Å². The number of rotatable bonds is 4. The number of hydrazone groups is 1. The summed E-state index contributed by atoms with van der Waals surface area (Å²) in [6.07, 6.45) is 3.12. The van der Waals surface area contributed by atoms with Crippen molar-refractivity contribution in [2.75, 3.05) is 6.79 Å². The number of fused-ring (bicyclic) bond motifs is 1. The van der Waals surface area contributed by atoms with E-state index in [-0.39, 0.29) is 12.7 Å². The van der Waals surface area contributed by atoms with E-state index < -0.39 is 0 Å². The van der Waals surface area contributed by atoms with Crippen molar-refractivity contribution in [3.05, 3.63) is 64.7 Å². The molecule has 1 amide bonds. The second-order valence-corrected chi connectivity index (χ2v) is 5.14. The highest BCUT2D eigenvalue weighted by molar-refractivity contribution is 6.41. The maximum absolute atomic E-state index is 12.0. The van der Waals surface area contributed by atoms with Gasteiger partial charge in [-0.3, -0.25) is 4.79 Å². The van der Waals surface area contributed by atoms with Gasteiger partial charge in [0.05, 0.1) is 11.2 Å². The zero-order chi connectivity index (χ0) is 16.1. The van der Waals surface area contributed by atoms with Gasteiger partial charge in [0.25, 0.3) is 5.91 Å². The smallest absolute Gasteiger partial charge is 0.271 e. The molecule has 0 fully saturated rings. The molecule has 116 valence electrons. The largest absolute Gasteiger partial charge is 0.454 e. The predicted octanol–water partition coefficient (Wildman–Crippen LogP) is 3.41. The fourth-order valence-corrected chi connectivity index (χ4v) is 2.18. The summed E-state index contributed by atoms with van der Waals surface area (Å²) in [7, 11) is 0. The van der Waals surface area contributed by atoms with Gasteiger partial charge in [0, 0.05) is 5.56 Å². The lowest BCUT2D eigenvalue weighted by atomic mass is 10.2. The molecule has 2 aromatic carbocycles. The third-order valence-electron chi connectivity index (χ3n) is 3.09. The van der Waals surface area contributed by atoms with Gasteiger partial charge in [0.15, 0.2) is 11.5 Å². The molecule has 0 saturated heterocycles. The van der Waals surface area contributed by atoms with Gasteiger partial charge in [-0.15, -0.1) is 0 Å². The van der Waals surface area contributed by atoms with E-state index in [0.29, 0.717) is 22.1 Å². The Morgan fingerprint density at radius 3 is 2.74 bits per heavy atom.